The van der Waals surface area contributed by atoms with E-state index in [4.69, 9.17) is 10.3 Å². The number of aromatic hydroxyl groups is 2. The third-order valence-electron chi connectivity index (χ3n) is 3.84. The summed E-state index contributed by atoms with van der Waals surface area (Å²) in [4.78, 5) is -1.65. The largest absolute Gasteiger partial charge is 0.507 e. The second-order valence-corrected chi connectivity index (χ2v) is 8.67. The summed E-state index contributed by atoms with van der Waals surface area (Å²) in [5, 5.41) is 27.3. The number of hydrogen-bond acceptors (Lipinski definition) is 9. The number of nitrogens with zero attached hydrogens (tertiary/aromatic N) is 2. The van der Waals surface area contributed by atoms with Crippen LogP contribution in [0.3, 0.4) is 0 Å². The molecule has 154 valence electrons. The molecule has 0 aromatic heterocycles. The molecular formula is C16H13N3Na2O8S2. The zero-order chi connectivity index (χ0) is 21.6. The van der Waals surface area contributed by atoms with Gasteiger partial charge in [0.15, 0.2) is 5.75 Å². The minimum atomic E-state index is -4.95. The van der Waals surface area contributed by atoms with E-state index >= 15 is 0 Å². The molecule has 0 saturated heterocycles. The molecule has 0 spiro atoms. The van der Waals surface area contributed by atoms with E-state index in [1.807, 2.05) is 0 Å². The summed E-state index contributed by atoms with van der Waals surface area (Å²) < 4.78 is 64.8. The van der Waals surface area contributed by atoms with Gasteiger partial charge in [-0.3, -0.25) is 9.11 Å². The number of benzene rings is 3. The van der Waals surface area contributed by atoms with Gasteiger partial charge in [-0.2, -0.15) is 21.9 Å². The van der Waals surface area contributed by atoms with Crippen molar-refractivity contribution < 1.29 is 36.2 Å². The molecule has 0 fully saturated rings. The van der Waals surface area contributed by atoms with Crippen molar-refractivity contribution >= 4 is 107 Å². The zero-order valence-corrected chi connectivity index (χ0v) is 21.9. The van der Waals surface area contributed by atoms with E-state index < -0.39 is 47.2 Å². The van der Waals surface area contributed by atoms with Crippen LogP contribution < -0.4 is 5.73 Å². The number of phenols is 2. The maximum Gasteiger partial charge on any atom is 0.296 e. The van der Waals surface area contributed by atoms with Gasteiger partial charge in [0, 0.05) is 70.9 Å². The monoisotopic (exact) mass is 485 g/mol. The standard InChI is InChI=1S/C16H13N3O8S2.2Na/c17-9-1-3-10(4-2-9)18-19-15-13(29(25,26)27)6-8-5-11(28(22,23)24)7-12(20)14(8)16(15)21;;/h1-7,20-21H,17H2,(H,22,23,24)(H,25,26,27);;. The first-order valence-electron chi connectivity index (χ1n) is 7.63. The predicted molar refractivity (Wildman–Crippen MR) is 113 cm³/mol. The van der Waals surface area contributed by atoms with Gasteiger partial charge in [-0.15, -0.1) is 5.11 Å². The molecule has 0 bridgehead atoms. The van der Waals surface area contributed by atoms with E-state index in [9.17, 15) is 31.6 Å². The van der Waals surface area contributed by atoms with Crippen molar-refractivity contribution in [3.63, 3.8) is 0 Å². The van der Waals surface area contributed by atoms with Crippen molar-refractivity contribution in [3.05, 3.63) is 42.5 Å². The van der Waals surface area contributed by atoms with Gasteiger partial charge in [-0.1, -0.05) is 0 Å². The van der Waals surface area contributed by atoms with Crippen LogP contribution in [-0.4, -0.2) is 95.3 Å². The summed E-state index contributed by atoms with van der Waals surface area (Å²) >= 11 is 0. The Kier molecular flexibility index (Phi) is 9.07. The second kappa shape index (κ2) is 10.1. The maximum absolute atomic E-state index is 11.8. The molecule has 0 amide bonds. The van der Waals surface area contributed by atoms with Crippen LogP contribution in [0.1, 0.15) is 0 Å². The zero-order valence-electron chi connectivity index (χ0n) is 16.3. The van der Waals surface area contributed by atoms with Gasteiger partial charge in [0.1, 0.15) is 16.3 Å². The fraction of sp³-hybridized carbons (Fsp3) is 0. The third-order valence-corrected chi connectivity index (χ3v) is 5.54. The summed E-state index contributed by atoms with van der Waals surface area (Å²) in [6, 6.07) is 8.16. The first-order chi connectivity index (χ1) is 13.4. The molecule has 0 unspecified atom stereocenters. The Morgan fingerprint density at radius 3 is 1.90 bits per heavy atom. The Hall–Kier alpha value is -1.26. The van der Waals surface area contributed by atoms with E-state index in [2.05, 4.69) is 10.2 Å². The van der Waals surface area contributed by atoms with E-state index in [-0.39, 0.29) is 75.6 Å². The van der Waals surface area contributed by atoms with Crippen molar-refractivity contribution in [2.45, 2.75) is 9.79 Å². The molecule has 2 radical (unpaired) electrons. The Labute approximate surface area is 221 Å². The number of phenolic OH excluding ortho intramolecular Hbond substituents is 2. The van der Waals surface area contributed by atoms with Crippen molar-refractivity contribution in [2.75, 3.05) is 5.73 Å². The smallest absolute Gasteiger partial charge is 0.296 e. The number of nitrogen functional groups attached to an aromatic ring is 1. The van der Waals surface area contributed by atoms with E-state index in [1.165, 1.54) is 24.3 Å². The van der Waals surface area contributed by atoms with Crippen molar-refractivity contribution in [1.82, 2.24) is 0 Å². The summed E-state index contributed by atoms with van der Waals surface area (Å²) in [7, 11) is -9.69. The van der Waals surface area contributed by atoms with Crippen LogP contribution in [0, 0.1) is 0 Å². The minimum Gasteiger partial charge on any atom is -0.507 e. The van der Waals surface area contributed by atoms with Crippen LogP contribution in [0.25, 0.3) is 10.8 Å². The fourth-order valence-electron chi connectivity index (χ4n) is 2.53. The molecule has 0 saturated carbocycles. The van der Waals surface area contributed by atoms with Gasteiger partial charge in [0.2, 0.25) is 0 Å². The number of nitrogens with two attached hydrogens (primary N) is 1. The van der Waals surface area contributed by atoms with Gasteiger partial charge < -0.3 is 15.9 Å². The quantitative estimate of drug-likeness (QED) is 0.159. The maximum atomic E-state index is 11.8. The van der Waals surface area contributed by atoms with Gasteiger partial charge in [-0.25, -0.2) is 0 Å². The van der Waals surface area contributed by atoms with Crippen LogP contribution in [0.2, 0.25) is 0 Å². The van der Waals surface area contributed by atoms with E-state index in [1.54, 1.807) is 0 Å². The molecule has 0 aliphatic heterocycles. The molecule has 0 heterocycles. The second-order valence-electron chi connectivity index (χ2n) is 5.85. The molecule has 3 aromatic rings. The van der Waals surface area contributed by atoms with Crippen molar-refractivity contribution in [3.8, 4) is 11.5 Å². The number of hydrogen-bond donors (Lipinski definition) is 5. The van der Waals surface area contributed by atoms with Gasteiger partial charge >= 0.3 is 0 Å². The van der Waals surface area contributed by atoms with Crippen LogP contribution in [0.15, 0.2) is 62.5 Å². The summed E-state index contributed by atoms with van der Waals surface area (Å²) in [5.74, 6) is -1.66. The number of anilines is 1. The summed E-state index contributed by atoms with van der Waals surface area (Å²) in [6.45, 7) is 0. The Morgan fingerprint density at radius 1 is 0.806 bits per heavy atom. The van der Waals surface area contributed by atoms with Gasteiger partial charge in [-0.05, 0) is 41.8 Å². The minimum absolute atomic E-state index is 0. The Morgan fingerprint density at radius 2 is 1.39 bits per heavy atom. The number of azo groups is 1. The van der Waals surface area contributed by atoms with Gasteiger partial charge in [0.25, 0.3) is 20.2 Å². The number of rotatable bonds is 4. The molecule has 11 nitrogen and oxygen atoms in total. The molecular weight excluding hydrogens is 472 g/mol. The van der Waals surface area contributed by atoms with E-state index in [0.717, 1.165) is 12.1 Å². The van der Waals surface area contributed by atoms with Crippen LogP contribution in [0.5, 0.6) is 11.5 Å². The average molecular weight is 485 g/mol. The average Bonchev–Trinajstić information content (AvgIpc) is 2.60. The molecule has 0 aliphatic carbocycles. The molecule has 3 rings (SSSR count). The molecule has 0 aliphatic rings. The Bertz CT molecular complexity index is 1380. The topological polar surface area (TPSA) is 200 Å². The molecule has 3 aromatic carbocycles. The summed E-state index contributed by atoms with van der Waals surface area (Å²) in [5.41, 5.74) is 5.54. The van der Waals surface area contributed by atoms with Gasteiger partial charge in [0.05, 0.1) is 16.0 Å². The molecule has 6 N–H and O–H groups in total. The fourth-order valence-corrected chi connectivity index (χ4v) is 3.72. The Balaban J connectivity index is 0.00000240. The molecule has 0 atom stereocenters. The SMILES string of the molecule is Nc1ccc(N=Nc2c(S(=O)(=O)O)cc3cc(S(=O)(=O)O)cc(O)c3c2O)cc1.[Na].[Na]. The first kappa shape index (κ1) is 27.8. The first-order valence-corrected chi connectivity index (χ1v) is 10.5. The van der Waals surface area contributed by atoms with E-state index in [0.29, 0.717) is 11.8 Å². The number of fused-ring (bicyclic) bond motifs is 1. The van der Waals surface area contributed by atoms with Crippen molar-refractivity contribution in [2.24, 2.45) is 10.2 Å². The van der Waals surface area contributed by atoms with Crippen LogP contribution in [-0.2, 0) is 20.2 Å². The predicted octanol–water partition coefficient (Wildman–Crippen LogP) is 1.98. The van der Waals surface area contributed by atoms with Crippen LogP contribution in [0.4, 0.5) is 17.1 Å². The van der Waals surface area contributed by atoms with Crippen molar-refractivity contribution in [1.29, 1.82) is 0 Å². The molecule has 15 heteroatoms. The third kappa shape index (κ3) is 6.16. The van der Waals surface area contributed by atoms with Crippen LogP contribution >= 0.6 is 0 Å². The summed E-state index contributed by atoms with van der Waals surface area (Å²) in [6.07, 6.45) is 0. The normalized spacial score (nSPS) is 11.8. The molecule has 31 heavy (non-hydrogen) atoms.